The van der Waals surface area contributed by atoms with E-state index in [1.54, 1.807) is 68.4 Å². The molecule has 4 aromatic carbocycles. The molecule has 0 bridgehead atoms. The SMILES string of the molecule is C/N=C/c1cncc(COc2cc(OCc3cccc(-c4cccc(COc5cc(OCc6cncc(C=N)c6)c(CNC(C(=O)O)C(C)O)cc5Cl)c4C)c3C)c(Cl)cc2CO)c1. The van der Waals surface area contributed by atoms with Crippen LogP contribution in [-0.2, 0) is 44.4 Å². The average Bonchev–Trinajstić information content (AvgIpc) is 3.28. The number of benzene rings is 4. The van der Waals surface area contributed by atoms with E-state index in [-0.39, 0.29) is 44.6 Å². The summed E-state index contributed by atoms with van der Waals surface area (Å²) in [7, 11) is 1.69. The second-order valence-electron chi connectivity index (χ2n) is 15.0. The van der Waals surface area contributed by atoms with Crippen molar-refractivity contribution in [3.05, 3.63) is 163 Å². The molecule has 0 spiro atoms. The number of aliphatic carboxylic acids is 1. The first kappa shape index (κ1) is 47.1. The molecule has 2 heterocycles. The summed E-state index contributed by atoms with van der Waals surface area (Å²) in [5.74, 6) is 0.395. The van der Waals surface area contributed by atoms with Crippen LogP contribution in [0, 0.1) is 19.3 Å². The molecule has 0 saturated carbocycles. The van der Waals surface area contributed by atoms with Gasteiger partial charge in [-0.15, -0.1) is 0 Å². The number of hydrogen-bond acceptors (Lipinski definition) is 12. The highest BCUT2D eigenvalue weighted by Crippen LogP contribution is 2.37. The Balaban J connectivity index is 1.19. The van der Waals surface area contributed by atoms with Crippen LogP contribution in [0.15, 0.2) is 103 Å². The van der Waals surface area contributed by atoms with E-state index in [4.69, 9.17) is 47.6 Å². The van der Waals surface area contributed by atoms with Gasteiger partial charge in [-0.1, -0.05) is 59.6 Å². The van der Waals surface area contributed by atoms with Gasteiger partial charge in [0.2, 0.25) is 0 Å². The monoisotopic (exact) mass is 905 g/mol. The minimum absolute atomic E-state index is 0.0303. The molecular weight excluding hydrogens is 857 g/mol. The Labute approximate surface area is 381 Å². The molecule has 0 aliphatic rings. The zero-order chi connectivity index (χ0) is 45.8. The standard InChI is InChI=1S/C49H49Cl2N5O8/c1-29-36(27-63-46-15-44(61-25-34-11-32(17-52)19-54-21-34)38(13-42(46)50)23-56-48(31(3)58)49(59)60)7-5-9-40(29)41-10-6-8-37(30(41)2)28-64-47-16-45(39(24-57)14-43(47)51)62-26-35-12-33(18-53-4)20-55-22-35/h5-22,31,48,52,56-58H,23-28H2,1-4H3,(H,59,60)/b52-17?,53-18+. The van der Waals surface area contributed by atoms with Gasteiger partial charge in [-0.2, -0.15) is 0 Å². The van der Waals surface area contributed by atoms with Crippen LogP contribution in [0.1, 0.15) is 62.6 Å². The zero-order valence-corrected chi connectivity index (χ0v) is 37.3. The molecule has 64 heavy (non-hydrogen) atoms. The number of aliphatic imine (C=N–C) groups is 1. The number of aromatic nitrogens is 2. The van der Waals surface area contributed by atoms with Crippen LogP contribution in [0.4, 0.5) is 0 Å². The quantitative estimate of drug-likeness (QED) is 0.0434. The van der Waals surface area contributed by atoms with E-state index in [1.807, 2.05) is 44.2 Å². The fourth-order valence-corrected chi connectivity index (χ4v) is 7.44. The largest absolute Gasteiger partial charge is 0.488 e. The van der Waals surface area contributed by atoms with E-state index >= 15 is 0 Å². The van der Waals surface area contributed by atoms with Crippen LogP contribution in [0.2, 0.25) is 10.0 Å². The van der Waals surface area contributed by atoms with Crippen molar-refractivity contribution in [1.29, 1.82) is 5.41 Å². The molecule has 0 aliphatic carbocycles. The Bertz CT molecular complexity index is 2640. The Hall–Kier alpha value is -6.35. The third-order valence-corrected chi connectivity index (χ3v) is 11.1. The molecule has 332 valence electrons. The van der Waals surface area contributed by atoms with Crippen molar-refractivity contribution in [3.8, 4) is 34.1 Å². The van der Waals surface area contributed by atoms with Crippen molar-refractivity contribution in [2.45, 2.75) is 72.5 Å². The average molecular weight is 907 g/mol. The third-order valence-electron chi connectivity index (χ3n) is 10.5. The molecular formula is C49H49Cl2N5O8. The van der Waals surface area contributed by atoms with E-state index in [0.29, 0.717) is 44.7 Å². The van der Waals surface area contributed by atoms with Crippen LogP contribution in [0.25, 0.3) is 11.1 Å². The maximum Gasteiger partial charge on any atom is 0.323 e. The molecule has 13 nitrogen and oxygen atoms in total. The molecule has 6 aromatic rings. The Kier molecular flexibility index (Phi) is 16.4. The molecule has 6 rings (SSSR count). The summed E-state index contributed by atoms with van der Waals surface area (Å²) < 4.78 is 25.0. The number of carboxylic acid groups (broad SMARTS) is 1. The second kappa shape index (κ2) is 22.3. The van der Waals surface area contributed by atoms with Gasteiger partial charge in [0.05, 0.1) is 22.8 Å². The summed E-state index contributed by atoms with van der Waals surface area (Å²) in [5.41, 5.74) is 10.00. The van der Waals surface area contributed by atoms with E-state index in [0.717, 1.165) is 50.1 Å². The first-order chi connectivity index (χ1) is 30.9. The number of carboxylic acids is 1. The maximum absolute atomic E-state index is 11.8. The number of carbonyl (C=O) groups is 1. The lowest BCUT2D eigenvalue weighted by Gasteiger charge is -2.20. The zero-order valence-electron chi connectivity index (χ0n) is 35.8. The smallest absolute Gasteiger partial charge is 0.323 e. The van der Waals surface area contributed by atoms with Crippen LogP contribution in [-0.4, -0.2) is 62.9 Å². The van der Waals surface area contributed by atoms with Crippen LogP contribution >= 0.6 is 23.2 Å². The predicted octanol–water partition coefficient (Wildman–Crippen LogP) is 8.85. The topological polar surface area (TPSA) is 189 Å². The van der Waals surface area contributed by atoms with Crippen molar-refractivity contribution < 1.29 is 39.1 Å². The van der Waals surface area contributed by atoms with Crippen molar-refractivity contribution >= 4 is 41.6 Å². The summed E-state index contributed by atoms with van der Waals surface area (Å²) in [4.78, 5) is 24.3. The van der Waals surface area contributed by atoms with Crippen LogP contribution in [0.5, 0.6) is 23.0 Å². The number of pyridine rings is 2. The summed E-state index contributed by atoms with van der Waals surface area (Å²) in [6.07, 6.45) is 8.38. The van der Waals surface area contributed by atoms with E-state index in [9.17, 15) is 20.1 Å². The van der Waals surface area contributed by atoms with Gasteiger partial charge in [0.15, 0.2) is 0 Å². The van der Waals surface area contributed by atoms with Crippen molar-refractivity contribution in [2.24, 2.45) is 4.99 Å². The maximum atomic E-state index is 11.8. The van der Waals surface area contributed by atoms with E-state index in [2.05, 4.69) is 32.4 Å². The number of aliphatic hydroxyl groups excluding tert-OH is 2. The lowest BCUT2D eigenvalue weighted by Crippen LogP contribution is -2.44. The van der Waals surface area contributed by atoms with Crippen molar-refractivity contribution in [2.75, 3.05) is 7.05 Å². The molecule has 2 atom stereocenters. The summed E-state index contributed by atoms with van der Waals surface area (Å²) >= 11 is 13.4. The second-order valence-corrected chi connectivity index (χ2v) is 15.8. The Morgan fingerprint density at radius 2 is 1.23 bits per heavy atom. The lowest BCUT2D eigenvalue weighted by atomic mass is 9.92. The molecule has 0 fully saturated rings. The number of ether oxygens (including phenoxy) is 4. The summed E-state index contributed by atoms with van der Waals surface area (Å²) in [6, 6.07) is 21.2. The van der Waals surface area contributed by atoms with Gasteiger partial charge >= 0.3 is 5.97 Å². The molecule has 2 unspecified atom stereocenters. The number of nitrogens with one attached hydrogen (secondary N) is 2. The minimum atomic E-state index is -1.22. The number of aliphatic hydroxyl groups is 2. The Morgan fingerprint density at radius 3 is 1.73 bits per heavy atom. The minimum Gasteiger partial charge on any atom is -0.488 e. The van der Waals surface area contributed by atoms with Gasteiger partial charge in [-0.05, 0) is 78.4 Å². The number of halogens is 2. The molecule has 0 aliphatic heterocycles. The van der Waals surface area contributed by atoms with Crippen molar-refractivity contribution in [3.63, 3.8) is 0 Å². The molecule has 2 aromatic heterocycles. The van der Waals surface area contributed by atoms with Crippen LogP contribution in [0.3, 0.4) is 0 Å². The first-order valence-electron chi connectivity index (χ1n) is 20.3. The lowest BCUT2D eigenvalue weighted by molar-refractivity contribution is -0.142. The third kappa shape index (κ3) is 12.0. The van der Waals surface area contributed by atoms with Gasteiger partial charge in [-0.3, -0.25) is 25.1 Å². The van der Waals surface area contributed by atoms with E-state index in [1.165, 1.54) is 13.1 Å². The molecule has 0 saturated heterocycles. The highest BCUT2D eigenvalue weighted by Gasteiger charge is 2.24. The van der Waals surface area contributed by atoms with Crippen molar-refractivity contribution in [1.82, 2.24) is 15.3 Å². The van der Waals surface area contributed by atoms with Gasteiger partial charge in [0.25, 0.3) is 0 Å². The predicted molar refractivity (Wildman–Crippen MR) is 247 cm³/mol. The number of nitrogens with zero attached hydrogens (tertiary/aromatic N) is 3. The Morgan fingerprint density at radius 1 is 0.734 bits per heavy atom. The van der Waals surface area contributed by atoms with Gasteiger partial charge < -0.3 is 39.7 Å². The summed E-state index contributed by atoms with van der Waals surface area (Å²) in [6.45, 7) is 5.95. The number of rotatable bonds is 21. The van der Waals surface area contributed by atoms with Crippen LogP contribution < -0.4 is 24.3 Å². The van der Waals surface area contributed by atoms with Gasteiger partial charge in [0.1, 0.15) is 55.5 Å². The molecule has 15 heteroatoms. The molecule has 5 N–H and O–H groups in total. The molecule has 0 radical (unpaired) electrons. The highest BCUT2D eigenvalue weighted by molar-refractivity contribution is 6.32. The number of hydrogen-bond donors (Lipinski definition) is 5. The highest BCUT2D eigenvalue weighted by atomic mass is 35.5. The fourth-order valence-electron chi connectivity index (χ4n) is 6.96. The van der Waals surface area contributed by atoms with E-state index < -0.39 is 18.1 Å². The van der Waals surface area contributed by atoms with Gasteiger partial charge in [0, 0.05) is 96.3 Å². The first-order valence-corrected chi connectivity index (χ1v) is 21.0. The van der Waals surface area contributed by atoms with Gasteiger partial charge in [-0.25, -0.2) is 0 Å². The molecule has 0 amide bonds. The summed E-state index contributed by atoms with van der Waals surface area (Å²) in [5, 5.41) is 40.8. The normalized spacial score (nSPS) is 12.2. The fraction of sp³-hybridized carbons (Fsp3) is 0.245.